The fraction of sp³-hybridized carbons (Fsp3) is 0.154. The minimum Gasteiger partial charge on any atom is -0.345 e. The molecule has 0 spiro atoms. The lowest BCUT2D eigenvalue weighted by atomic mass is 10.1. The zero-order valence-corrected chi connectivity index (χ0v) is 9.36. The molecule has 0 aliphatic heterocycles. The van der Waals surface area contributed by atoms with Crippen molar-refractivity contribution >= 4 is 5.69 Å². The normalized spacial score (nSPS) is 8.35. The van der Waals surface area contributed by atoms with Crippen molar-refractivity contribution in [3.8, 4) is 18.2 Å². The van der Waals surface area contributed by atoms with Crippen LogP contribution in [0.3, 0.4) is 0 Å². The van der Waals surface area contributed by atoms with Crippen LogP contribution in [-0.2, 0) is 6.42 Å². The number of aryl methyl sites for hydroxylation is 1. The van der Waals surface area contributed by atoms with Gasteiger partial charge in [-0.3, -0.25) is 0 Å². The van der Waals surface area contributed by atoms with E-state index in [0.29, 0.717) is 5.69 Å². The van der Waals surface area contributed by atoms with Gasteiger partial charge in [0.05, 0.1) is 0 Å². The smallest absolute Gasteiger partial charge is 0.163 e. The van der Waals surface area contributed by atoms with Crippen LogP contribution in [-0.4, -0.2) is 0 Å². The summed E-state index contributed by atoms with van der Waals surface area (Å²) in [5.41, 5.74) is 1.57. The predicted octanol–water partition coefficient (Wildman–Crippen LogP) is 2.49. The summed E-state index contributed by atoms with van der Waals surface area (Å²) in [5, 5.41) is 29.0. The maximum Gasteiger partial charge on any atom is 0.163 e. The molecule has 4 nitrogen and oxygen atoms in total. The van der Waals surface area contributed by atoms with E-state index in [1.54, 1.807) is 18.2 Å². The molecule has 0 heterocycles. The number of hydrogen-bond acceptors (Lipinski definition) is 4. The minimum atomic E-state index is -0.214. The largest absolute Gasteiger partial charge is 0.345 e. The van der Waals surface area contributed by atoms with E-state index in [9.17, 15) is 0 Å². The third kappa shape index (κ3) is 3.09. The number of nitrogens with one attached hydrogen (secondary N) is 1. The van der Waals surface area contributed by atoms with Gasteiger partial charge in [0.1, 0.15) is 23.9 Å². The summed E-state index contributed by atoms with van der Waals surface area (Å²) in [6.45, 7) is 2.02. The number of rotatable bonds is 3. The van der Waals surface area contributed by atoms with Crippen LogP contribution < -0.4 is 5.32 Å². The lowest BCUT2D eigenvalue weighted by Gasteiger charge is -2.05. The number of hydrogen-bond donors (Lipinski definition) is 1. The van der Waals surface area contributed by atoms with Gasteiger partial charge in [0, 0.05) is 5.69 Å². The fourth-order valence-electron chi connectivity index (χ4n) is 1.30. The summed E-state index contributed by atoms with van der Waals surface area (Å²) < 4.78 is 0. The van der Waals surface area contributed by atoms with Crippen LogP contribution in [0.2, 0.25) is 0 Å². The molecule has 1 N–H and O–H groups in total. The van der Waals surface area contributed by atoms with Gasteiger partial charge in [-0.25, -0.2) is 0 Å². The Morgan fingerprint density at radius 1 is 1.18 bits per heavy atom. The first kappa shape index (κ1) is 12.3. The molecule has 0 aromatic heterocycles. The molecule has 0 atom stereocenters. The highest BCUT2D eigenvalue weighted by molar-refractivity contribution is 5.58. The van der Waals surface area contributed by atoms with Gasteiger partial charge >= 0.3 is 0 Å². The molecule has 0 saturated carbocycles. The van der Waals surface area contributed by atoms with E-state index in [4.69, 9.17) is 15.8 Å². The summed E-state index contributed by atoms with van der Waals surface area (Å²) in [5.74, 6) is 0. The van der Waals surface area contributed by atoms with Crippen LogP contribution in [0.5, 0.6) is 0 Å². The molecular formula is C13H10N4. The summed E-state index contributed by atoms with van der Waals surface area (Å²) in [4.78, 5) is 0. The molecule has 0 unspecified atom stereocenters. The number of allylic oxidation sites excluding steroid dienone is 2. The molecule has 1 rings (SSSR count). The molecule has 0 amide bonds. The van der Waals surface area contributed by atoms with Crippen LogP contribution in [0.4, 0.5) is 5.69 Å². The Bertz CT molecular complexity index is 548. The Balaban J connectivity index is 3.06. The van der Waals surface area contributed by atoms with Crippen molar-refractivity contribution in [2.45, 2.75) is 13.3 Å². The average Bonchev–Trinajstić information content (AvgIpc) is 2.39. The van der Waals surface area contributed by atoms with E-state index < -0.39 is 0 Å². The molecular weight excluding hydrogens is 212 g/mol. The third-order valence-electron chi connectivity index (χ3n) is 2.19. The van der Waals surface area contributed by atoms with Gasteiger partial charge in [-0.05, 0) is 24.1 Å². The Hall–Kier alpha value is -2.77. The maximum atomic E-state index is 8.87. The quantitative estimate of drug-likeness (QED) is 0.796. The molecule has 0 bridgehead atoms. The SMILES string of the molecule is CCc1cccc(NC(C#N)=C(C#N)C#N)c1. The monoisotopic (exact) mass is 222 g/mol. The zero-order valence-electron chi connectivity index (χ0n) is 9.36. The Kier molecular flexibility index (Phi) is 4.31. The first-order valence-corrected chi connectivity index (χ1v) is 5.05. The van der Waals surface area contributed by atoms with Crippen LogP contribution in [0, 0.1) is 34.0 Å². The van der Waals surface area contributed by atoms with E-state index in [1.165, 1.54) is 0 Å². The number of nitriles is 3. The van der Waals surface area contributed by atoms with E-state index in [1.807, 2.05) is 31.2 Å². The molecule has 0 aliphatic carbocycles. The van der Waals surface area contributed by atoms with E-state index in [2.05, 4.69) is 5.32 Å². The molecule has 1 aromatic carbocycles. The summed E-state index contributed by atoms with van der Waals surface area (Å²) in [7, 11) is 0. The molecule has 82 valence electrons. The highest BCUT2D eigenvalue weighted by Gasteiger charge is 2.05. The molecule has 1 aromatic rings. The second-order valence-electron chi connectivity index (χ2n) is 3.26. The van der Waals surface area contributed by atoms with Gasteiger partial charge in [0.15, 0.2) is 5.57 Å². The molecule has 0 fully saturated rings. The van der Waals surface area contributed by atoms with Gasteiger partial charge < -0.3 is 5.32 Å². The zero-order chi connectivity index (χ0) is 12.7. The second-order valence-corrected chi connectivity index (χ2v) is 3.26. The van der Waals surface area contributed by atoms with Gasteiger partial charge in [-0.1, -0.05) is 19.1 Å². The van der Waals surface area contributed by atoms with Gasteiger partial charge in [0.25, 0.3) is 0 Å². The Morgan fingerprint density at radius 2 is 1.88 bits per heavy atom. The van der Waals surface area contributed by atoms with Crippen molar-refractivity contribution in [3.63, 3.8) is 0 Å². The lowest BCUT2D eigenvalue weighted by Crippen LogP contribution is -2.00. The summed E-state index contributed by atoms with van der Waals surface area (Å²) in [6.07, 6.45) is 0.879. The van der Waals surface area contributed by atoms with Gasteiger partial charge in [-0.2, -0.15) is 15.8 Å². The highest BCUT2D eigenvalue weighted by atomic mass is 14.9. The van der Waals surface area contributed by atoms with E-state index >= 15 is 0 Å². The molecule has 0 saturated heterocycles. The van der Waals surface area contributed by atoms with Crippen molar-refractivity contribution in [3.05, 3.63) is 41.1 Å². The van der Waals surface area contributed by atoms with E-state index in [0.717, 1.165) is 12.0 Å². The van der Waals surface area contributed by atoms with Crippen molar-refractivity contribution in [2.24, 2.45) is 0 Å². The highest BCUT2D eigenvalue weighted by Crippen LogP contribution is 2.14. The molecule has 0 aliphatic rings. The Labute approximate surface area is 100 Å². The first-order valence-electron chi connectivity index (χ1n) is 5.05. The van der Waals surface area contributed by atoms with Gasteiger partial charge in [0.2, 0.25) is 0 Å². The molecule has 4 heteroatoms. The van der Waals surface area contributed by atoms with E-state index in [-0.39, 0.29) is 11.3 Å². The molecule has 17 heavy (non-hydrogen) atoms. The fourth-order valence-corrected chi connectivity index (χ4v) is 1.30. The van der Waals surface area contributed by atoms with Crippen LogP contribution in [0.25, 0.3) is 0 Å². The van der Waals surface area contributed by atoms with Crippen LogP contribution in [0.15, 0.2) is 35.5 Å². The standard InChI is InChI=1S/C13H10N4/c1-2-10-4-3-5-12(6-10)17-13(9-16)11(7-14)8-15/h3-6,17H,2H2,1H3. The average molecular weight is 222 g/mol. The summed E-state index contributed by atoms with van der Waals surface area (Å²) >= 11 is 0. The topological polar surface area (TPSA) is 83.4 Å². The molecule has 0 radical (unpaired) electrons. The number of anilines is 1. The van der Waals surface area contributed by atoms with Gasteiger partial charge in [-0.15, -0.1) is 0 Å². The second kappa shape index (κ2) is 5.95. The lowest BCUT2D eigenvalue weighted by molar-refractivity contribution is 1.14. The summed E-state index contributed by atoms with van der Waals surface area (Å²) in [6, 6.07) is 12.7. The van der Waals surface area contributed by atoms with Crippen molar-refractivity contribution in [1.82, 2.24) is 0 Å². The van der Waals surface area contributed by atoms with Crippen molar-refractivity contribution in [1.29, 1.82) is 15.8 Å². The van der Waals surface area contributed by atoms with Crippen molar-refractivity contribution in [2.75, 3.05) is 5.32 Å². The predicted molar refractivity (Wildman–Crippen MR) is 63.3 cm³/mol. The minimum absolute atomic E-state index is 0.0248. The van der Waals surface area contributed by atoms with Crippen LogP contribution >= 0.6 is 0 Å². The third-order valence-corrected chi connectivity index (χ3v) is 2.19. The first-order chi connectivity index (χ1) is 8.24. The Morgan fingerprint density at radius 3 is 2.41 bits per heavy atom. The maximum absolute atomic E-state index is 8.87. The van der Waals surface area contributed by atoms with Crippen molar-refractivity contribution < 1.29 is 0 Å². The number of benzene rings is 1. The van der Waals surface area contributed by atoms with Crippen LogP contribution in [0.1, 0.15) is 12.5 Å². The number of nitrogens with zero attached hydrogens (tertiary/aromatic N) is 3.